The number of rotatable bonds is 7. The monoisotopic (exact) mass is 609 g/mol. The lowest BCUT2D eigenvalue weighted by Gasteiger charge is -2.46. The first-order chi connectivity index (χ1) is 20.1. The highest BCUT2D eigenvalue weighted by Gasteiger charge is 2.48. The Balaban J connectivity index is 1.20. The third-order valence-electron chi connectivity index (χ3n) is 8.83. The van der Waals surface area contributed by atoms with Crippen LogP contribution in [0.2, 0.25) is 5.02 Å². The molecule has 0 aliphatic carbocycles. The van der Waals surface area contributed by atoms with Crippen molar-refractivity contribution in [1.29, 1.82) is 0 Å². The molecule has 2 aromatic heterocycles. The minimum atomic E-state index is -0.752. The Bertz CT molecular complexity index is 1480. The van der Waals surface area contributed by atoms with E-state index >= 15 is 0 Å². The van der Waals surface area contributed by atoms with Crippen molar-refractivity contribution in [2.24, 2.45) is 5.92 Å². The normalized spacial score (nSPS) is 19.8. The van der Waals surface area contributed by atoms with Crippen LogP contribution in [0.4, 0.5) is 11.6 Å². The van der Waals surface area contributed by atoms with Gasteiger partial charge in [0.25, 0.3) is 0 Å². The minimum absolute atomic E-state index is 0.153. The fraction of sp³-hybridized carbons (Fsp3) is 0.484. The molecular formula is C31H36ClN5O4S. The number of nitrogens with zero attached hydrogens (tertiary/aromatic N) is 5. The molecule has 0 unspecified atom stereocenters. The van der Waals surface area contributed by atoms with Crippen molar-refractivity contribution < 1.29 is 19.4 Å². The first-order valence-electron chi connectivity index (χ1n) is 14.5. The molecule has 0 amide bonds. The first kappa shape index (κ1) is 29.0. The van der Waals surface area contributed by atoms with Crippen LogP contribution in [0.15, 0.2) is 52.6 Å². The number of aliphatic hydroxyl groups is 1. The van der Waals surface area contributed by atoms with E-state index in [0.717, 1.165) is 23.5 Å². The Labute approximate surface area is 255 Å². The number of halogens is 1. The van der Waals surface area contributed by atoms with Gasteiger partial charge >= 0.3 is 5.97 Å². The van der Waals surface area contributed by atoms with Gasteiger partial charge in [0.05, 0.1) is 23.4 Å². The third-order valence-corrected chi connectivity index (χ3v) is 10.3. The highest BCUT2D eigenvalue weighted by atomic mass is 35.5. The van der Waals surface area contributed by atoms with Crippen LogP contribution < -0.4 is 14.5 Å². The molecule has 9 nitrogen and oxygen atoms in total. The molecular weight excluding hydrogens is 574 g/mol. The van der Waals surface area contributed by atoms with E-state index in [1.54, 1.807) is 19.3 Å². The maximum absolute atomic E-state index is 13.1. The fourth-order valence-electron chi connectivity index (χ4n) is 6.06. The summed E-state index contributed by atoms with van der Waals surface area (Å²) in [6.07, 6.45) is 5.01. The number of anilines is 2. The number of aromatic nitrogens is 3. The van der Waals surface area contributed by atoms with Crippen molar-refractivity contribution in [3.05, 3.63) is 59.0 Å². The van der Waals surface area contributed by atoms with E-state index in [-0.39, 0.29) is 29.7 Å². The summed E-state index contributed by atoms with van der Waals surface area (Å²) in [6.45, 7) is 10.6. The largest absolute Gasteiger partial charge is 0.486 e. The van der Waals surface area contributed by atoms with Gasteiger partial charge in [-0.25, -0.2) is 19.7 Å². The van der Waals surface area contributed by atoms with Gasteiger partial charge in [0.1, 0.15) is 22.2 Å². The average molecular weight is 610 g/mol. The smallest absolute Gasteiger partial charge is 0.360 e. The molecule has 0 radical (unpaired) electrons. The van der Waals surface area contributed by atoms with Crippen LogP contribution >= 0.6 is 23.4 Å². The van der Waals surface area contributed by atoms with E-state index < -0.39 is 11.6 Å². The van der Waals surface area contributed by atoms with Crippen LogP contribution in [0.5, 0.6) is 5.75 Å². The Hall–Kier alpha value is -3.08. The summed E-state index contributed by atoms with van der Waals surface area (Å²) in [5.41, 5.74) is 0.441. The number of hydrogen-bond acceptors (Lipinski definition) is 10. The summed E-state index contributed by atoms with van der Waals surface area (Å²) in [7, 11) is 0. The van der Waals surface area contributed by atoms with E-state index in [1.165, 1.54) is 17.3 Å². The Kier molecular flexibility index (Phi) is 7.74. The standard InChI is InChI=1S/C31H36ClN5O4S/c1-5-40-29(38)26-28(36-14-11-31(12-15-36)19(2)21-8-6-7-9-22(21)41-31)34-16-24(35-26)42-23-10-13-33-27(25(23)32)37-17-20(18-37)30(3,4)39/h6-10,13,16,19-20,39H,5,11-12,14-15,17-18H2,1-4H3/t19-/m1/s1. The number of hydrogen-bond donors (Lipinski definition) is 1. The van der Waals surface area contributed by atoms with Gasteiger partial charge in [0.15, 0.2) is 11.5 Å². The number of carbonyl (C=O) groups excluding carboxylic acids is 1. The van der Waals surface area contributed by atoms with E-state index in [0.29, 0.717) is 47.9 Å². The second-order valence-corrected chi connectivity index (χ2v) is 13.3. The second kappa shape index (κ2) is 11.2. The number of para-hydroxylation sites is 1. The highest BCUT2D eigenvalue weighted by Crippen LogP contribution is 2.49. The van der Waals surface area contributed by atoms with Gasteiger partial charge in [-0.1, -0.05) is 48.5 Å². The summed E-state index contributed by atoms with van der Waals surface area (Å²) in [6, 6.07) is 10.1. The van der Waals surface area contributed by atoms with Gasteiger partial charge in [-0.15, -0.1) is 0 Å². The maximum atomic E-state index is 13.1. The molecule has 1 spiro atoms. The summed E-state index contributed by atoms with van der Waals surface area (Å²) in [5.74, 6) is 2.11. The number of piperidine rings is 1. The minimum Gasteiger partial charge on any atom is -0.486 e. The molecule has 2 saturated heterocycles. The molecule has 0 saturated carbocycles. The number of esters is 1. The van der Waals surface area contributed by atoms with Gasteiger partial charge in [-0.05, 0) is 32.9 Å². The lowest BCUT2D eigenvalue weighted by Crippen LogP contribution is -2.56. The topological polar surface area (TPSA) is 101 Å². The first-order valence-corrected chi connectivity index (χ1v) is 15.7. The van der Waals surface area contributed by atoms with Gasteiger partial charge in [0, 0.05) is 67.5 Å². The van der Waals surface area contributed by atoms with Crippen molar-refractivity contribution in [2.75, 3.05) is 42.6 Å². The zero-order valence-electron chi connectivity index (χ0n) is 24.3. The molecule has 1 aromatic carbocycles. The molecule has 5 heterocycles. The molecule has 3 aliphatic rings. The predicted molar refractivity (Wildman–Crippen MR) is 163 cm³/mol. The van der Waals surface area contributed by atoms with Crippen molar-refractivity contribution in [1.82, 2.24) is 15.0 Å². The average Bonchev–Trinajstić information content (AvgIpc) is 3.20. The SMILES string of the molecule is CCOC(=O)c1nc(Sc2ccnc(N3CC(C(C)(C)O)C3)c2Cl)cnc1N1CCC2(CC1)Oc1ccccc1[C@H]2C. The zero-order chi connectivity index (χ0) is 29.6. The lowest BCUT2D eigenvalue weighted by atomic mass is 9.79. The number of ether oxygens (including phenoxy) is 2. The van der Waals surface area contributed by atoms with Crippen molar-refractivity contribution >= 4 is 41.0 Å². The molecule has 0 bridgehead atoms. The van der Waals surface area contributed by atoms with Gasteiger partial charge < -0.3 is 24.4 Å². The van der Waals surface area contributed by atoms with Crippen LogP contribution in [0.1, 0.15) is 62.5 Å². The van der Waals surface area contributed by atoms with Crippen molar-refractivity contribution in [3.63, 3.8) is 0 Å². The lowest BCUT2D eigenvalue weighted by molar-refractivity contribution is 0.00437. The zero-order valence-corrected chi connectivity index (χ0v) is 25.9. The summed E-state index contributed by atoms with van der Waals surface area (Å²) in [4.78, 5) is 31.9. The van der Waals surface area contributed by atoms with E-state index in [4.69, 9.17) is 31.0 Å². The van der Waals surface area contributed by atoms with Crippen LogP contribution in [0.25, 0.3) is 0 Å². The van der Waals surface area contributed by atoms with E-state index in [1.807, 2.05) is 32.0 Å². The molecule has 3 aromatic rings. The number of carbonyl (C=O) groups is 1. The van der Waals surface area contributed by atoms with Crippen LogP contribution in [0, 0.1) is 5.92 Å². The van der Waals surface area contributed by atoms with Crippen molar-refractivity contribution in [3.8, 4) is 5.75 Å². The Morgan fingerprint density at radius 2 is 1.90 bits per heavy atom. The van der Waals surface area contributed by atoms with Crippen LogP contribution in [-0.2, 0) is 4.74 Å². The third kappa shape index (κ3) is 5.29. The molecule has 42 heavy (non-hydrogen) atoms. The van der Waals surface area contributed by atoms with Crippen LogP contribution in [-0.4, -0.2) is 70.0 Å². The molecule has 2 fully saturated rings. The summed E-state index contributed by atoms with van der Waals surface area (Å²) >= 11 is 8.12. The van der Waals surface area contributed by atoms with Crippen molar-refractivity contribution in [2.45, 2.75) is 67.6 Å². The predicted octanol–water partition coefficient (Wildman–Crippen LogP) is 5.60. The fourth-order valence-corrected chi connectivity index (χ4v) is 7.19. The number of fused-ring (bicyclic) bond motifs is 1. The van der Waals surface area contributed by atoms with Gasteiger partial charge in [0.2, 0.25) is 0 Å². The number of benzene rings is 1. The molecule has 3 aliphatic heterocycles. The Morgan fingerprint density at radius 3 is 2.60 bits per heavy atom. The molecule has 6 rings (SSSR count). The molecule has 1 N–H and O–H groups in total. The summed E-state index contributed by atoms with van der Waals surface area (Å²) < 4.78 is 11.9. The molecule has 11 heteroatoms. The highest BCUT2D eigenvalue weighted by molar-refractivity contribution is 7.99. The quantitative estimate of drug-likeness (QED) is 0.341. The van der Waals surface area contributed by atoms with Gasteiger partial charge in [-0.3, -0.25) is 0 Å². The summed E-state index contributed by atoms with van der Waals surface area (Å²) in [5, 5.41) is 11.3. The van der Waals surface area contributed by atoms with Gasteiger partial charge in [-0.2, -0.15) is 0 Å². The van der Waals surface area contributed by atoms with E-state index in [9.17, 15) is 9.90 Å². The van der Waals surface area contributed by atoms with E-state index in [2.05, 4.69) is 33.8 Å². The molecule has 222 valence electrons. The maximum Gasteiger partial charge on any atom is 0.360 e. The molecule has 1 atom stereocenters. The second-order valence-electron chi connectivity index (χ2n) is 11.8. The van der Waals surface area contributed by atoms with Crippen LogP contribution in [0.3, 0.4) is 0 Å². The number of pyridine rings is 1. The Morgan fingerprint density at radius 1 is 1.17 bits per heavy atom.